The van der Waals surface area contributed by atoms with Crippen molar-refractivity contribution in [3.05, 3.63) is 41.6 Å². The number of nitrogens with one attached hydrogen (secondary N) is 2. The van der Waals surface area contributed by atoms with Crippen molar-refractivity contribution >= 4 is 11.5 Å². The lowest BCUT2D eigenvalue weighted by molar-refractivity contribution is 0.122. The number of pyridine rings is 1. The van der Waals surface area contributed by atoms with Crippen LogP contribution in [0.15, 0.2) is 30.3 Å². The molecule has 2 N–H and O–H groups in total. The molecule has 28 heavy (non-hydrogen) atoms. The van der Waals surface area contributed by atoms with Gasteiger partial charge in [0.2, 0.25) is 0 Å². The maximum atomic E-state index is 5.52. The summed E-state index contributed by atoms with van der Waals surface area (Å²) in [6, 6.07) is 11.1. The number of aromatic nitrogens is 1. The highest BCUT2D eigenvalue weighted by molar-refractivity contribution is 5.74. The van der Waals surface area contributed by atoms with E-state index in [9.17, 15) is 0 Å². The van der Waals surface area contributed by atoms with Crippen molar-refractivity contribution in [3.8, 4) is 23.0 Å². The van der Waals surface area contributed by atoms with Crippen molar-refractivity contribution in [3.63, 3.8) is 0 Å². The Morgan fingerprint density at radius 2 is 2.07 bits per heavy atom. The van der Waals surface area contributed by atoms with Gasteiger partial charge in [0, 0.05) is 25.8 Å². The number of benzene rings is 1. The predicted molar refractivity (Wildman–Crippen MR) is 115 cm³/mol. The summed E-state index contributed by atoms with van der Waals surface area (Å²) in [6.07, 6.45) is 2.31. The van der Waals surface area contributed by atoms with Gasteiger partial charge >= 0.3 is 0 Å². The quantitative estimate of drug-likeness (QED) is 0.807. The Bertz CT molecular complexity index is 887. The largest absolute Gasteiger partial charge is 0.388 e. The third-order valence-electron chi connectivity index (χ3n) is 5.42. The summed E-state index contributed by atoms with van der Waals surface area (Å²) < 4.78 is 5.52. The maximum Gasteiger partial charge on any atom is 0.130 e. The monoisotopic (exact) mass is 376 g/mol. The van der Waals surface area contributed by atoms with E-state index in [1.807, 2.05) is 7.05 Å². The number of morpholine rings is 1. The van der Waals surface area contributed by atoms with Crippen molar-refractivity contribution in [1.82, 2.24) is 10.3 Å². The van der Waals surface area contributed by atoms with Crippen LogP contribution >= 0.6 is 0 Å². The van der Waals surface area contributed by atoms with Gasteiger partial charge in [-0.1, -0.05) is 12.0 Å². The first kappa shape index (κ1) is 18.8. The standard InChI is InChI=1S/C23H28N4O/c1-17-5-6-20(24-2)16-22(17)18-14-21(8-7-19-4-3-9-25-19)26-23(15-18)27-10-12-28-13-11-27/h5-6,14-16,19,24-25H,3-4,9-13H2,1-2H3/t19-/m1/s1. The van der Waals surface area contributed by atoms with Gasteiger partial charge in [-0.05, 0) is 73.2 Å². The lowest BCUT2D eigenvalue weighted by Gasteiger charge is -2.28. The molecule has 2 aromatic rings. The Morgan fingerprint density at radius 3 is 2.82 bits per heavy atom. The number of rotatable bonds is 3. The normalized spacial score (nSPS) is 19.2. The number of ether oxygens (including phenoxy) is 1. The van der Waals surface area contributed by atoms with Crippen LogP contribution in [0, 0.1) is 18.8 Å². The molecule has 5 nitrogen and oxygen atoms in total. The van der Waals surface area contributed by atoms with Crippen LogP contribution < -0.4 is 15.5 Å². The van der Waals surface area contributed by atoms with E-state index in [1.165, 1.54) is 17.5 Å². The summed E-state index contributed by atoms with van der Waals surface area (Å²) in [4.78, 5) is 7.16. The predicted octanol–water partition coefficient (Wildman–Crippen LogP) is 3.04. The number of aryl methyl sites for hydroxylation is 1. The van der Waals surface area contributed by atoms with Gasteiger partial charge in [0.05, 0.1) is 19.3 Å². The van der Waals surface area contributed by atoms with Crippen LogP contribution in [0.5, 0.6) is 0 Å². The zero-order valence-electron chi connectivity index (χ0n) is 16.7. The fraction of sp³-hybridized carbons (Fsp3) is 0.435. The molecule has 5 heteroatoms. The third-order valence-corrected chi connectivity index (χ3v) is 5.42. The topological polar surface area (TPSA) is 49.4 Å². The van der Waals surface area contributed by atoms with Gasteiger partial charge in [0.1, 0.15) is 11.5 Å². The molecule has 0 spiro atoms. The number of hydrogen-bond donors (Lipinski definition) is 2. The number of anilines is 2. The minimum Gasteiger partial charge on any atom is -0.388 e. The molecule has 0 saturated carbocycles. The Morgan fingerprint density at radius 1 is 1.21 bits per heavy atom. The molecule has 1 atom stereocenters. The van der Waals surface area contributed by atoms with Crippen molar-refractivity contribution < 1.29 is 4.74 Å². The molecule has 0 aliphatic carbocycles. The summed E-state index contributed by atoms with van der Waals surface area (Å²) in [5.74, 6) is 7.68. The van der Waals surface area contributed by atoms with Crippen LogP contribution in [0.25, 0.3) is 11.1 Å². The van der Waals surface area contributed by atoms with Gasteiger partial charge in [-0.15, -0.1) is 0 Å². The molecule has 2 aliphatic rings. The molecule has 1 aromatic carbocycles. The summed E-state index contributed by atoms with van der Waals surface area (Å²) in [6.45, 7) is 6.42. The molecular weight excluding hydrogens is 348 g/mol. The fourth-order valence-corrected chi connectivity index (χ4v) is 3.75. The summed E-state index contributed by atoms with van der Waals surface area (Å²) >= 11 is 0. The van der Waals surface area contributed by atoms with Crippen LogP contribution in [0.3, 0.4) is 0 Å². The molecule has 146 valence electrons. The van der Waals surface area contributed by atoms with Crippen molar-refractivity contribution in [2.45, 2.75) is 25.8 Å². The molecule has 0 amide bonds. The molecule has 0 bridgehead atoms. The minimum absolute atomic E-state index is 0.284. The fourth-order valence-electron chi connectivity index (χ4n) is 3.75. The van der Waals surface area contributed by atoms with E-state index in [0.29, 0.717) is 0 Å². The Balaban J connectivity index is 1.75. The second-order valence-electron chi connectivity index (χ2n) is 7.40. The second-order valence-corrected chi connectivity index (χ2v) is 7.40. The van der Waals surface area contributed by atoms with Gasteiger partial charge < -0.3 is 20.3 Å². The van der Waals surface area contributed by atoms with Crippen molar-refractivity contribution in [1.29, 1.82) is 0 Å². The van der Waals surface area contributed by atoms with Crippen LogP contribution in [-0.2, 0) is 4.74 Å². The average Bonchev–Trinajstić information content (AvgIpc) is 3.27. The molecule has 0 unspecified atom stereocenters. The average molecular weight is 377 g/mol. The highest BCUT2D eigenvalue weighted by Gasteiger charge is 2.16. The van der Waals surface area contributed by atoms with Gasteiger partial charge in [0.25, 0.3) is 0 Å². The molecule has 2 aliphatic heterocycles. The molecule has 3 heterocycles. The molecule has 2 saturated heterocycles. The van der Waals surface area contributed by atoms with Crippen LogP contribution in [-0.4, -0.2) is 50.9 Å². The first-order valence-electron chi connectivity index (χ1n) is 10.1. The number of nitrogens with zero attached hydrogens (tertiary/aromatic N) is 2. The van der Waals surface area contributed by atoms with Gasteiger partial charge in [-0.2, -0.15) is 0 Å². The first-order valence-corrected chi connectivity index (χ1v) is 10.1. The summed E-state index contributed by atoms with van der Waals surface area (Å²) in [7, 11) is 1.95. The maximum absolute atomic E-state index is 5.52. The van der Waals surface area contributed by atoms with E-state index >= 15 is 0 Å². The smallest absolute Gasteiger partial charge is 0.130 e. The third kappa shape index (κ3) is 4.30. The zero-order valence-corrected chi connectivity index (χ0v) is 16.7. The van der Waals surface area contributed by atoms with Crippen LogP contribution in [0.2, 0.25) is 0 Å². The molecule has 0 radical (unpaired) electrons. The van der Waals surface area contributed by atoms with Crippen LogP contribution in [0.4, 0.5) is 11.5 Å². The lowest BCUT2D eigenvalue weighted by atomic mass is 9.99. The second kappa shape index (κ2) is 8.64. The van der Waals surface area contributed by atoms with Crippen molar-refractivity contribution in [2.24, 2.45) is 0 Å². The molecule has 4 rings (SSSR count). The Labute approximate surface area is 167 Å². The van der Waals surface area contributed by atoms with Gasteiger partial charge in [0.15, 0.2) is 0 Å². The van der Waals surface area contributed by atoms with E-state index in [4.69, 9.17) is 9.72 Å². The molecular formula is C23H28N4O. The lowest BCUT2D eigenvalue weighted by Crippen LogP contribution is -2.36. The highest BCUT2D eigenvalue weighted by atomic mass is 16.5. The van der Waals surface area contributed by atoms with E-state index in [-0.39, 0.29) is 6.04 Å². The van der Waals surface area contributed by atoms with E-state index in [2.05, 4.69) is 64.6 Å². The van der Waals surface area contributed by atoms with E-state index in [1.54, 1.807) is 0 Å². The van der Waals surface area contributed by atoms with Gasteiger partial charge in [-0.3, -0.25) is 0 Å². The number of hydrogen-bond acceptors (Lipinski definition) is 5. The first-order chi connectivity index (χ1) is 13.7. The zero-order chi connectivity index (χ0) is 19.3. The SMILES string of the molecule is CNc1ccc(C)c(-c2cc(C#C[C@H]3CCCN3)nc(N3CCOCC3)c2)c1. The summed E-state index contributed by atoms with van der Waals surface area (Å²) in [5.41, 5.74) is 5.56. The minimum atomic E-state index is 0.284. The van der Waals surface area contributed by atoms with Gasteiger partial charge in [-0.25, -0.2) is 4.98 Å². The summed E-state index contributed by atoms with van der Waals surface area (Å²) in [5, 5.41) is 6.68. The Hall–Kier alpha value is -2.55. The Kier molecular flexibility index (Phi) is 5.80. The highest BCUT2D eigenvalue weighted by Crippen LogP contribution is 2.30. The molecule has 2 fully saturated rings. The van der Waals surface area contributed by atoms with Crippen LogP contribution in [0.1, 0.15) is 24.1 Å². The van der Waals surface area contributed by atoms with E-state index < -0.39 is 0 Å². The van der Waals surface area contributed by atoms with Crippen molar-refractivity contribution in [2.75, 3.05) is 50.1 Å². The molecule has 1 aromatic heterocycles. The van der Waals surface area contributed by atoms with E-state index in [0.717, 1.165) is 62.0 Å².